The van der Waals surface area contributed by atoms with Crippen LogP contribution in [0.5, 0.6) is 0 Å². The maximum absolute atomic E-state index is 12.7. The third kappa shape index (κ3) is 5.82. The lowest BCUT2D eigenvalue weighted by Crippen LogP contribution is -2.18. The van der Waals surface area contributed by atoms with Gasteiger partial charge in [-0.15, -0.1) is 0 Å². The van der Waals surface area contributed by atoms with Crippen LogP contribution in [-0.4, -0.2) is 25.4 Å². The monoisotopic (exact) mass is 498 g/mol. The van der Waals surface area contributed by atoms with Crippen LogP contribution in [0.2, 0.25) is 10.0 Å². The lowest BCUT2D eigenvalue weighted by atomic mass is 10.1. The van der Waals surface area contributed by atoms with Crippen molar-refractivity contribution in [2.75, 3.05) is 16.7 Å². The number of aromatic nitrogens is 2. The zero-order valence-electron chi connectivity index (χ0n) is 17.6. The van der Waals surface area contributed by atoms with Gasteiger partial charge in [-0.25, -0.2) is 13.4 Å². The maximum Gasteiger partial charge on any atom is 0.261 e. The van der Waals surface area contributed by atoms with Crippen molar-refractivity contribution in [3.63, 3.8) is 0 Å². The Labute approximate surface area is 202 Å². The second kappa shape index (κ2) is 9.79. The van der Waals surface area contributed by atoms with E-state index in [-0.39, 0.29) is 4.90 Å². The minimum atomic E-state index is -3.75. The molecule has 0 aliphatic heterocycles. The Kier molecular flexibility index (Phi) is 6.83. The predicted molar refractivity (Wildman–Crippen MR) is 133 cm³/mol. The van der Waals surface area contributed by atoms with Crippen molar-refractivity contribution < 1.29 is 8.42 Å². The fourth-order valence-corrected chi connectivity index (χ4v) is 4.49. The minimum Gasteiger partial charge on any atom is -0.354 e. The summed E-state index contributed by atoms with van der Waals surface area (Å²) in [7, 11) is -1.82. The number of nitrogens with zero attached hydrogens (tertiary/aromatic N) is 3. The molecule has 0 saturated carbocycles. The van der Waals surface area contributed by atoms with Gasteiger partial charge < -0.3 is 4.90 Å². The van der Waals surface area contributed by atoms with Gasteiger partial charge >= 0.3 is 0 Å². The average Bonchev–Trinajstić information content (AvgIpc) is 2.81. The molecule has 1 N–H and O–H groups in total. The van der Waals surface area contributed by atoms with Gasteiger partial charge in [0, 0.05) is 34.9 Å². The van der Waals surface area contributed by atoms with E-state index < -0.39 is 10.0 Å². The number of nitrogens with one attached hydrogen (secondary N) is 1. The van der Waals surface area contributed by atoms with Gasteiger partial charge in [0.25, 0.3) is 10.0 Å². The molecule has 0 aliphatic rings. The Morgan fingerprint density at radius 2 is 1.58 bits per heavy atom. The molecule has 0 bridgehead atoms. The number of hydrogen-bond acceptors (Lipinski definition) is 5. The quantitative estimate of drug-likeness (QED) is 0.343. The molecule has 0 radical (unpaired) electrons. The van der Waals surface area contributed by atoms with Crippen LogP contribution in [0, 0.1) is 0 Å². The zero-order chi connectivity index (χ0) is 23.4. The fraction of sp³-hybridized carbons (Fsp3) is 0.0833. The molecule has 9 heteroatoms. The smallest absolute Gasteiger partial charge is 0.261 e. The lowest BCUT2D eigenvalue weighted by Gasteiger charge is -2.18. The Bertz CT molecular complexity index is 1360. The molecule has 0 aliphatic carbocycles. The molecule has 0 amide bonds. The Hall–Kier alpha value is -3.13. The molecular weight excluding hydrogens is 479 g/mol. The summed E-state index contributed by atoms with van der Waals surface area (Å²) in [5, 5.41) is 1.16. The summed E-state index contributed by atoms with van der Waals surface area (Å²) in [6, 6.07) is 20.6. The highest BCUT2D eigenvalue weighted by molar-refractivity contribution is 7.92. The molecule has 1 aromatic heterocycles. The van der Waals surface area contributed by atoms with Crippen molar-refractivity contribution in [2.24, 2.45) is 0 Å². The van der Waals surface area contributed by atoms with E-state index in [1.807, 2.05) is 42.3 Å². The Morgan fingerprint density at radius 1 is 0.909 bits per heavy atom. The maximum atomic E-state index is 12.7. The van der Waals surface area contributed by atoms with E-state index in [1.165, 1.54) is 24.3 Å². The van der Waals surface area contributed by atoms with E-state index in [4.69, 9.17) is 28.2 Å². The SMILES string of the molecule is CN(Cc1ccc(Cl)cc1)c1cncc(-c2cccc(NS(=O)(=O)c3ccc(Cl)cc3)c2)n1. The first-order chi connectivity index (χ1) is 15.8. The number of anilines is 2. The van der Waals surface area contributed by atoms with E-state index in [0.29, 0.717) is 33.8 Å². The van der Waals surface area contributed by atoms with Crippen molar-refractivity contribution >= 4 is 44.7 Å². The van der Waals surface area contributed by atoms with Crippen LogP contribution < -0.4 is 9.62 Å². The van der Waals surface area contributed by atoms with Crippen LogP contribution in [0.3, 0.4) is 0 Å². The highest BCUT2D eigenvalue weighted by atomic mass is 35.5. The molecule has 1 heterocycles. The minimum absolute atomic E-state index is 0.128. The van der Waals surface area contributed by atoms with Crippen LogP contribution in [-0.2, 0) is 16.6 Å². The molecule has 0 atom stereocenters. The summed E-state index contributed by atoms with van der Waals surface area (Å²) in [5.74, 6) is 0.689. The van der Waals surface area contributed by atoms with Gasteiger partial charge in [-0.3, -0.25) is 9.71 Å². The van der Waals surface area contributed by atoms with Crippen LogP contribution in [0.25, 0.3) is 11.3 Å². The van der Waals surface area contributed by atoms with E-state index in [0.717, 1.165) is 11.1 Å². The van der Waals surface area contributed by atoms with Gasteiger partial charge in [0.05, 0.1) is 23.0 Å². The second-order valence-electron chi connectivity index (χ2n) is 7.39. The lowest BCUT2D eigenvalue weighted by molar-refractivity contribution is 0.601. The summed E-state index contributed by atoms with van der Waals surface area (Å²) in [6.45, 7) is 0.635. The first kappa shape index (κ1) is 23.0. The van der Waals surface area contributed by atoms with E-state index in [1.54, 1.807) is 30.6 Å². The summed E-state index contributed by atoms with van der Waals surface area (Å²) in [6.07, 6.45) is 3.33. The summed E-state index contributed by atoms with van der Waals surface area (Å²) in [5.41, 5.74) is 2.88. The molecule has 168 valence electrons. The number of benzene rings is 3. The van der Waals surface area contributed by atoms with Crippen molar-refractivity contribution in [1.82, 2.24) is 9.97 Å². The van der Waals surface area contributed by atoms with Gasteiger partial charge in [-0.05, 0) is 54.1 Å². The standard InChI is InChI=1S/C24H20Cl2N4O2S/c1-30(16-17-5-7-19(25)8-6-17)24-15-27-14-23(28-24)18-3-2-4-21(13-18)29-33(31,32)22-11-9-20(26)10-12-22/h2-15,29H,16H2,1H3. The second-order valence-corrected chi connectivity index (χ2v) is 9.94. The Morgan fingerprint density at radius 3 is 2.27 bits per heavy atom. The predicted octanol–water partition coefficient (Wildman–Crippen LogP) is 5.89. The van der Waals surface area contributed by atoms with Gasteiger partial charge in [0.15, 0.2) is 0 Å². The molecule has 6 nitrogen and oxygen atoms in total. The van der Waals surface area contributed by atoms with Crippen molar-refractivity contribution in [3.05, 3.63) is 101 Å². The van der Waals surface area contributed by atoms with Crippen LogP contribution in [0.15, 0.2) is 90.1 Å². The topological polar surface area (TPSA) is 75.2 Å². The highest BCUT2D eigenvalue weighted by Gasteiger charge is 2.15. The zero-order valence-corrected chi connectivity index (χ0v) is 19.9. The first-order valence-electron chi connectivity index (χ1n) is 9.97. The molecule has 0 unspecified atom stereocenters. The molecular formula is C24H20Cl2N4O2S. The van der Waals surface area contributed by atoms with E-state index >= 15 is 0 Å². The summed E-state index contributed by atoms with van der Waals surface area (Å²) in [4.78, 5) is 11.1. The summed E-state index contributed by atoms with van der Waals surface area (Å²) < 4.78 is 28.0. The molecule has 0 saturated heterocycles. The van der Waals surface area contributed by atoms with Gasteiger partial charge in [0.2, 0.25) is 0 Å². The largest absolute Gasteiger partial charge is 0.354 e. The van der Waals surface area contributed by atoms with Crippen molar-refractivity contribution in [2.45, 2.75) is 11.4 Å². The van der Waals surface area contributed by atoms with Gasteiger partial charge in [-0.2, -0.15) is 0 Å². The molecule has 33 heavy (non-hydrogen) atoms. The molecule has 4 aromatic rings. The third-order valence-corrected chi connectivity index (χ3v) is 6.78. The van der Waals surface area contributed by atoms with E-state index in [9.17, 15) is 8.42 Å². The number of sulfonamides is 1. The molecule has 4 rings (SSSR count). The molecule has 0 spiro atoms. The molecule has 0 fully saturated rings. The van der Waals surface area contributed by atoms with Crippen LogP contribution in [0.1, 0.15) is 5.56 Å². The fourth-order valence-electron chi connectivity index (χ4n) is 3.19. The number of hydrogen-bond donors (Lipinski definition) is 1. The Balaban J connectivity index is 1.54. The third-order valence-electron chi connectivity index (χ3n) is 4.88. The van der Waals surface area contributed by atoms with Crippen molar-refractivity contribution in [3.8, 4) is 11.3 Å². The molecule has 3 aromatic carbocycles. The van der Waals surface area contributed by atoms with Gasteiger partial charge in [0.1, 0.15) is 5.82 Å². The van der Waals surface area contributed by atoms with Crippen molar-refractivity contribution in [1.29, 1.82) is 0 Å². The van der Waals surface area contributed by atoms with Crippen LogP contribution >= 0.6 is 23.2 Å². The number of rotatable bonds is 7. The van der Waals surface area contributed by atoms with Gasteiger partial charge in [-0.1, -0.05) is 47.5 Å². The average molecular weight is 499 g/mol. The van der Waals surface area contributed by atoms with E-state index in [2.05, 4.69) is 9.71 Å². The summed E-state index contributed by atoms with van der Waals surface area (Å²) >= 11 is 11.8. The first-order valence-corrected chi connectivity index (χ1v) is 12.2. The normalized spacial score (nSPS) is 11.2. The number of halogens is 2. The highest BCUT2D eigenvalue weighted by Crippen LogP contribution is 2.25. The van der Waals surface area contributed by atoms with Crippen LogP contribution in [0.4, 0.5) is 11.5 Å².